The first-order valence-electron chi connectivity index (χ1n) is 5.45. The van der Waals surface area contributed by atoms with E-state index in [2.05, 4.69) is 5.32 Å². The molecular weight excluding hydrogens is 218 g/mol. The maximum atomic E-state index is 11.4. The molecule has 0 spiro atoms. The van der Waals surface area contributed by atoms with Crippen LogP contribution in [0.15, 0.2) is 30.3 Å². The van der Waals surface area contributed by atoms with Crippen molar-refractivity contribution in [2.24, 2.45) is 11.5 Å². The Morgan fingerprint density at radius 3 is 2.47 bits per heavy atom. The molecule has 0 aliphatic heterocycles. The number of primary amides is 1. The van der Waals surface area contributed by atoms with Gasteiger partial charge in [-0.15, -0.1) is 0 Å². The van der Waals surface area contributed by atoms with Gasteiger partial charge in [-0.1, -0.05) is 30.3 Å². The second kappa shape index (κ2) is 6.65. The van der Waals surface area contributed by atoms with Crippen molar-refractivity contribution in [3.8, 4) is 0 Å². The molecule has 0 bridgehead atoms. The second-order valence-electron chi connectivity index (χ2n) is 3.81. The number of rotatable bonds is 6. The summed E-state index contributed by atoms with van der Waals surface area (Å²) in [6, 6.07) is 8.83. The lowest BCUT2D eigenvalue weighted by molar-refractivity contribution is -0.122. The van der Waals surface area contributed by atoms with Gasteiger partial charge in [0.15, 0.2) is 0 Å². The maximum absolute atomic E-state index is 11.4. The Hall–Kier alpha value is -1.88. The Balaban J connectivity index is 2.24. The van der Waals surface area contributed by atoms with Crippen molar-refractivity contribution in [2.75, 3.05) is 0 Å². The number of hydrogen-bond acceptors (Lipinski definition) is 3. The molecule has 0 unspecified atom stereocenters. The highest BCUT2D eigenvalue weighted by molar-refractivity contribution is 5.81. The highest BCUT2D eigenvalue weighted by atomic mass is 16.2. The van der Waals surface area contributed by atoms with Crippen molar-refractivity contribution in [1.29, 1.82) is 0 Å². The van der Waals surface area contributed by atoms with Crippen molar-refractivity contribution in [3.63, 3.8) is 0 Å². The van der Waals surface area contributed by atoms with Gasteiger partial charge in [0.05, 0.1) is 6.04 Å². The van der Waals surface area contributed by atoms with Gasteiger partial charge in [0.1, 0.15) is 0 Å². The zero-order valence-corrected chi connectivity index (χ0v) is 9.56. The van der Waals surface area contributed by atoms with E-state index in [1.807, 2.05) is 30.3 Å². The van der Waals surface area contributed by atoms with Crippen LogP contribution in [0.1, 0.15) is 18.4 Å². The van der Waals surface area contributed by atoms with Crippen molar-refractivity contribution < 1.29 is 9.59 Å². The molecule has 0 aromatic heterocycles. The predicted octanol–water partition coefficient (Wildman–Crippen LogP) is -0.104. The van der Waals surface area contributed by atoms with Crippen LogP contribution in [0.25, 0.3) is 0 Å². The average molecular weight is 235 g/mol. The molecule has 2 amide bonds. The van der Waals surface area contributed by atoms with Crippen LogP contribution >= 0.6 is 0 Å². The van der Waals surface area contributed by atoms with Crippen LogP contribution in [0.5, 0.6) is 0 Å². The van der Waals surface area contributed by atoms with Crippen molar-refractivity contribution in [1.82, 2.24) is 5.32 Å². The zero-order chi connectivity index (χ0) is 12.7. The van der Waals surface area contributed by atoms with Gasteiger partial charge in [0.25, 0.3) is 0 Å². The van der Waals surface area contributed by atoms with E-state index in [0.717, 1.165) is 5.56 Å². The third-order valence-corrected chi connectivity index (χ3v) is 2.38. The topological polar surface area (TPSA) is 98.2 Å². The summed E-state index contributed by atoms with van der Waals surface area (Å²) in [5.74, 6) is -0.716. The third kappa shape index (κ3) is 5.12. The van der Waals surface area contributed by atoms with E-state index in [1.54, 1.807) is 0 Å². The van der Waals surface area contributed by atoms with Crippen LogP contribution in [0.3, 0.4) is 0 Å². The Morgan fingerprint density at radius 1 is 1.24 bits per heavy atom. The van der Waals surface area contributed by atoms with Crippen LogP contribution in [0, 0.1) is 0 Å². The molecule has 0 heterocycles. The molecular formula is C12H17N3O2. The molecule has 1 atom stereocenters. The van der Waals surface area contributed by atoms with Crippen LogP contribution in [0.2, 0.25) is 0 Å². The summed E-state index contributed by atoms with van der Waals surface area (Å²) in [6.07, 6.45) is 0.479. The van der Waals surface area contributed by atoms with Crippen molar-refractivity contribution >= 4 is 11.8 Å². The molecule has 0 aliphatic rings. The quantitative estimate of drug-likeness (QED) is 0.642. The molecule has 0 radical (unpaired) electrons. The zero-order valence-electron chi connectivity index (χ0n) is 9.56. The molecule has 5 heteroatoms. The fourth-order valence-corrected chi connectivity index (χ4v) is 1.31. The van der Waals surface area contributed by atoms with Gasteiger partial charge in [-0.3, -0.25) is 9.59 Å². The first kappa shape index (κ1) is 13.2. The molecule has 0 saturated carbocycles. The van der Waals surface area contributed by atoms with Crippen LogP contribution in [0.4, 0.5) is 0 Å². The Kier molecular flexibility index (Phi) is 5.16. The number of nitrogens with one attached hydrogen (secondary N) is 1. The monoisotopic (exact) mass is 235 g/mol. The average Bonchev–Trinajstić information content (AvgIpc) is 2.34. The minimum absolute atomic E-state index is 0.134. The molecule has 1 aromatic rings. The number of nitrogens with two attached hydrogens (primary N) is 2. The summed E-state index contributed by atoms with van der Waals surface area (Å²) in [5.41, 5.74) is 11.4. The number of carbonyl (C=O) groups excluding carboxylic acids is 2. The smallest absolute Gasteiger partial charge is 0.234 e. The van der Waals surface area contributed by atoms with Gasteiger partial charge in [-0.05, 0) is 12.0 Å². The largest absolute Gasteiger partial charge is 0.368 e. The lowest BCUT2D eigenvalue weighted by Crippen LogP contribution is -2.37. The summed E-state index contributed by atoms with van der Waals surface area (Å²) in [5, 5.41) is 2.75. The molecule has 0 saturated heterocycles. The number of hydrogen-bond donors (Lipinski definition) is 3. The van der Waals surface area contributed by atoms with E-state index in [1.165, 1.54) is 0 Å². The highest BCUT2D eigenvalue weighted by Gasteiger charge is 2.11. The summed E-state index contributed by atoms with van der Waals surface area (Å²) in [7, 11) is 0. The molecule has 5 nitrogen and oxygen atoms in total. The second-order valence-corrected chi connectivity index (χ2v) is 3.81. The minimum Gasteiger partial charge on any atom is -0.368 e. The number of benzene rings is 1. The summed E-state index contributed by atoms with van der Waals surface area (Å²) in [6.45, 7) is 0.478. The fourth-order valence-electron chi connectivity index (χ4n) is 1.31. The first-order chi connectivity index (χ1) is 8.09. The van der Waals surface area contributed by atoms with Gasteiger partial charge in [0.2, 0.25) is 11.8 Å². The predicted molar refractivity (Wildman–Crippen MR) is 64.7 cm³/mol. The molecule has 17 heavy (non-hydrogen) atoms. The summed E-state index contributed by atoms with van der Waals surface area (Å²) >= 11 is 0. The molecule has 0 fully saturated rings. The van der Waals surface area contributed by atoms with Crippen LogP contribution in [-0.2, 0) is 16.1 Å². The van der Waals surface area contributed by atoms with Gasteiger partial charge in [-0.25, -0.2) is 0 Å². The van der Waals surface area contributed by atoms with Crippen LogP contribution < -0.4 is 16.8 Å². The van der Waals surface area contributed by atoms with Crippen LogP contribution in [-0.4, -0.2) is 17.9 Å². The third-order valence-electron chi connectivity index (χ3n) is 2.38. The Labute approximate surface area is 100 Å². The standard InChI is InChI=1S/C12H17N3O2/c13-10(12(14)17)6-7-11(16)15-8-9-4-2-1-3-5-9/h1-5,10H,6-8,13H2,(H2,14,17)(H,15,16)/t10-/m0/s1. The van der Waals surface area contributed by atoms with E-state index in [9.17, 15) is 9.59 Å². The van der Waals surface area contributed by atoms with E-state index in [4.69, 9.17) is 11.5 Å². The van der Waals surface area contributed by atoms with E-state index in [-0.39, 0.29) is 18.7 Å². The molecule has 1 rings (SSSR count). The van der Waals surface area contributed by atoms with E-state index >= 15 is 0 Å². The lowest BCUT2D eigenvalue weighted by atomic mass is 10.1. The molecule has 92 valence electrons. The van der Waals surface area contributed by atoms with E-state index in [0.29, 0.717) is 6.54 Å². The Bertz CT molecular complexity index is 379. The Morgan fingerprint density at radius 2 is 1.88 bits per heavy atom. The normalized spacial score (nSPS) is 11.8. The SMILES string of the molecule is NC(=O)[C@@H](N)CCC(=O)NCc1ccccc1. The van der Waals surface area contributed by atoms with E-state index < -0.39 is 11.9 Å². The van der Waals surface area contributed by atoms with Gasteiger partial charge in [-0.2, -0.15) is 0 Å². The molecule has 5 N–H and O–H groups in total. The van der Waals surface area contributed by atoms with Crippen molar-refractivity contribution in [3.05, 3.63) is 35.9 Å². The highest BCUT2D eigenvalue weighted by Crippen LogP contribution is 1.99. The van der Waals surface area contributed by atoms with Crippen molar-refractivity contribution in [2.45, 2.75) is 25.4 Å². The minimum atomic E-state index is -0.752. The van der Waals surface area contributed by atoms with Gasteiger partial charge in [0, 0.05) is 13.0 Å². The molecule has 1 aromatic carbocycles. The maximum Gasteiger partial charge on any atom is 0.234 e. The molecule has 0 aliphatic carbocycles. The van der Waals surface area contributed by atoms with Gasteiger partial charge >= 0.3 is 0 Å². The van der Waals surface area contributed by atoms with Gasteiger partial charge < -0.3 is 16.8 Å². The fraction of sp³-hybridized carbons (Fsp3) is 0.333. The first-order valence-corrected chi connectivity index (χ1v) is 5.45. The number of amides is 2. The summed E-state index contributed by atoms with van der Waals surface area (Å²) < 4.78 is 0. The lowest BCUT2D eigenvalue weighted by Gasteiger charge is -2.08. The number of carbonyl (C=O) groups is 2. The summed E-state index contributed by atoms with van der Waals surface area (Å²) in [4.78, 5) is 22.1.